The van der Waals surface area contributed by atoms with E-state index in [-0.39, 0.29) is 18.4 Å². The van der Waals surface area contributed by atoms with Crippen LogP contribution in [0, 0.1) is 6.92 Å². The molecule has 0 bridgehead atoms. The van der Waals surface area contributed by atoms with Gasteiger partial charge in [0, 0.05) is 44.9 Å². The fraction of sp³-hybridized carbons (Fsp3) is 0.346. The van der Waals surface area contributed by atoms with Crippen molar-refractivity contribution in [2.75, 3.05) is 26.7 Å². The first-order valence-electron chi connectivity index (χ1n) is 11.3. The van der Waals surface area contributed by atoms with Crippen molar-refractivity contribution >= 4 is 11.8 Å². The molecule has 33 heavy (non-hydrogen) atoms. The first-order valence-corrected chi connectivity index (χ1v) is 11.3. The molecule has 7 heteroatoms. The van der Waals surface area contributed by atoms with Gasteiger partial charge < -0.3 is 15.0 Å². The summed E-state index contributed by atoms with van der Waals surface area (Å²) >= 11 is 0. The molecule has 0 spiro atoms. The average Bonchev–Trinajstić information content (AvgIpc) is 3.27. The number of hydrogen-bond acceptors (Lipinski definition) is 4. The SMILES string of the molecule is CNC(=O)C1(Cc2cccc(-c3ccccc3)c2)CN(C(=O)CCn2nccc2C)CCO1. The lowest BCUT2D eigenvalue weighted by Gasteiger charge is -2.41. The lowest BCUT2D eigenvalue weighted by atomic mass is 9.89. The third kappa shape index (κ3) is 5.14. The summed E-state index contributed by atoms with van der Waals surface area (Å²) in [6.07, 6.45) is 2.44. The van der Waals surface area contributed by atoms with E-state index >= 15 is 0 Å². The minimum Gasteiger partial charge on any atom is -0.361 e. The van der Waals surface area contributed by atoms with Crippen molar-refractivity contribution in [3.05, 3.63) is 78.1 Å². The molecule has 172 valence electrons. The summed E-state index contributed by atoms with van der Waals surface area (Å²) in [5.74, 6) is -0.215. The van der Waals surface area contributed by atoms with Gasteiger partial charge in [-0.1, -0.05) is 54.6 Å². The van der Waals surface area contributed by atoms with Crippen LogP contribution in [0.3, 0.4) is 0 Å². The molecular formula is C26H30N4O3. The van der Waals surface area contributed by atoms with Crippen LogP contribution in [-0.4, -0.2) is 58.8 Å². The minimum atomic E-state index is -1.13. The predicted octanol–water partition coefficient (Wildman–Crippen LogP) is 2.83. The molecular weight excluding hydrogens is 416 g/mol. The number of carbonyl (C=O) groups is 2. The first-order chi connectivity index (χ1) is 16.0. The van der Waals surface area contributed by atoms with Gasteiger partial charge in [-0.2, -0.15) is 5.10 Å². The second-order valence-corrected chi connectivity index (χ2v) is 8.43. The maximum absolute atomic E-state index is 13.0. The molecule has 4 rings (SSSR count). The van der Waals surface area contributed by atoms with Crippen molar-refractivity contribution in [3.8, 4) is 11.1 Å². The normalized spacial score (nSPS) is 18.2. The van der Waals surface area contributed by atoms with Crippen LogP contribution < -0.4 is 5.32 Å². The average molecular weight is 447 g/mol. The van der Waals surface area contributed by atoms with Crippen LogP contribution in [-0.2, 0) is 27.3 Å². The minimum absolute atomic E-state index is 0.000450. The van der Waals surface area contributed by atoms with Gasteiger partial charge in [-0.15, -0.1) is 0 Å². The number of carbonyl (C=O) groups excluding carboxylic acids is 2. The number of nitrogens with zero attached hydrogens (tertiary/aromatic N) is 3. The number of rotatable bonds is 7. The molecule has 2 aromatic carbocycles. The topological polar surface area (TPSA) is 76.5 Å². The molecule has 1 atom stereocenters. The van der Waals surface area contributed by atoms with E-state index in [0.717, 1.165) is 22.4 Å². The largest absolute Gasteiger partial charge is 0.361 e. The van der Waals surface area contributed by atoms with Crippen molar-refractivity contribution in [1.82, 2.24) is 20.0 Å². The number of likely N-dealkylation sites (N-methyl/N-ethyl adjacent to an activating group) is 1. The molecule has 1 unspecified atom stereocenters. The van der Waals surface area contributed by atoms with E-state index in [1.54, 1.807) is 18.1 Å². The zero-order valence-corrected chi connectivity index (χ0v) is 19.2. The molecule has 7 nitrogen and oxygen atoms in total. The van der Waals surface area contributed by atoms with E-state index in [0.29, 0.717) is 32.5 Å². The van der Waals surface area contributed by atoms with Crippen molar-refractivity contribution < 1.29 is 14.3 Å². The number of aryl methyl sites for hydroxylation is 2. The summed E-state index contributed by atoms with van der Waals surface area (Å²) in [6, 6.07) is 20.2. The number of benzene rings is 2. The van der Waals surface area contributed by atoms with Crippen LogP contribution in [0.5, 0.6) is 0 Å². The highest BCUT2D eigenvalue weighted by molar-refractivity contribution is 5.87. The van der Waals surface area contributed by atoms with Crippen LogP contribution in [0.4, 0.5) is 0 Å². The zero-order chi connectivity index (χ0) is 23.3. The van der Waals surface area contributed by atoms with Crippen molar-refractivity contribution in [2.24, 2.45) is 0 Å². The third-order valence-electron chi connectivity index (χ3n) is 6.17. The standard InChI is InChI=1S/C26H30N4O3/c1-20-11-13-28-30(20)14-12-24(31)29-15-16-33-26(19-29,25(32)27-2)18-21-7-6-10-23(17-21)22-8-4-3-5-9-22/h3-11,13,17H,12,14-16,18-19H2,1-2H3,(H,27,32). The van der Waals surface area contributed by atoms with Crippen LogP contribution in [0.2, 0.25) is 0 Å². The lowest BCUT2D eigenvalue weighted by Crippen LogP contribution is -2.61. The number of hydrogen-bond donors (Lipinski definition) is 1. The van der Waals surface area contributed by atoms with Crippen molar-refractivity contribution in [2.45, 2.75) is 31.9 Å². The summed E-state index contributed by atoms with van der Waals surface area (Å²) in [7, 11) is 1.61. The highest BCUT2D eigenvalue weighted by atomic mass is 16.5. The molecule has 1 aliphatic rings. The van der Waals surface area contributed by atoms with Gasteiger partial charge >= 0.3 is 0 Å². The Morgan fingerprint density at radius 3 is 2.61 bits per heavy atom. The number of nitrogens with one attached hydrogen (secondary N) is 1. The Bertz CT molecular complexity index is 1110. The van der Waals surface area contributed by atoms with Gasteiger partial charge in [-0.25, -0.2) is 0 Å². The van der Waals surface area contributed by atoms with E-state index in [1.807, 2.05) is 48.0 Å². The summed E-state index contributed by atoms with van der Waals surface area (Å²) < 4.78 is 7.91. The summed E-state index contributed by atoms with van der Waals surface area (Å²) in [5.41, 5.74) is 3.07. The van der Waals surface area contributed by atoms with Crippen molar-refractivity contribution in [1.29, 1.82) is 0 Å². The van der Waals surface area contributed by atoms with E-state index in [2.05, 4.69) is 34.7 Å². The molecule has 0 aliphatic carbocycles. The van der Waals surface area contributed by atoms with E-state index < -0.39 is 5.60 Å². The highest BCUT2D eigenvalue weighted by Gasteiger charge is 2.44. The van der Waals surface area contributed by atoms with Gasteiger partial charge in [0.25, 0.3) is 5.91 Å². The molecule has 2 heterocycles. The highest BCUT2D eigenvalue weighted by Crippen LogP contribution is 2.27. The smallest absolute Gasteiger partial charge is 0.254 e. The van der Waals surface area contributed by atoms with Gasteiger partial charge in [-0.05, 0) is 29.7 Å². The number of aromatic nitrogens is 2. The second kappa shape index (κ2) is 10.0. The predicted molar refractivity (Wildman–Crippen MR) is 126 cm³/mol. The Morgan fingerprint density at radius 1 is 1.09 bits per heavy atom. The Hall–Kier alpha value is -3.45. The Kier molecular flexibility index (Phi) is 6.89. The van der Waals surface area contributed by atoms with Crippen LogP contribution in [0.15, 0.2) is 66.9 Å². The van der Waals surface area contributed by atoms with Crippen LogP contribution in [0.1, 0.15) is 17.7 Å². The third-order valence-corrected chi connectivity index (χ3v) is 6.17. The van der Waals surface area contributed by atoms with Crippen LogP contribution >= 0.6 is 0 Å². The van der Waals surface area contributed by atoms with E-state index in [9.17, 15) is 9.59 Å². The number of ether oxygens (including phenoxy) is 1. The maximum atomic E-state index is 13.0. The maximum Gasteiger partial charge on any atom is 0.254 e. The van der Waals surface area contributed by atoms with Crippen LogP contribution in [0.25, 0.3) is 11.1 Å². The fourth-order valence-electron chi connectivity index (χ4n) is 4.36. The molecule has 1 saturated heterocycles. The van der Waals surface area contributed by atoms with Gasteiger partial charge in [0.05, 0.1) is 13.2 Å². The van der Waals surface area contributed by atoms with E-state index in [4.69, 9.17) is 4.74 Å². The van der Waals surface area contributed by atoms with Gasteiger partial charge in [0.15, 0.2) is 5.60 Å². The summed E-state index contributed by atoms with van der Waals surface area (Å²) in [6.45, 7) is 3.49. The molecule has 1 aliphatic heterocycles. The molecule has 3 aromatic rings. The Balaban J connectivity index is 1.51. The lowest BCUT2D eigenvalue weighted by molar-refractivity contribution is -0.165. The van der Waals surface area contributed by atoms with Crippen molar-refractivity contribution in [3.63, 3.8) is 0 Å². The molecule has 1 N–H and O–H groups in total. The summed E-state index contributed by atoms with van der Waals surface area (Å²) in [5, 5.41) is 7.00. The molecule has 1 fully saturated rings. The molecule has 2 amide bonds. The first kappa shape index (κ1) is 22.7. The molecule has 0 saturated carbocycles. The van der Waals surface area contributed by atoms with Gasteiger partial charge in [-0.3, -0.25) is 14.3 Å². The molecule has 1 aromatic heterocycles. The Morgan fingerprint density at radius 2 is 1.88 bits per heavy atom. The van der Waals surface area contributed by atoms with Gasteiger partial charge in [0.2, 0.25) is 5.91 Å². The number of amides is 2. The van der Waals surface area contributed by atoms with E-state index in [1.165, 1.54) is 0 Å². The van der Waals surface area contributed by atoms with Gasteiger partial charge in [0.1, 0.15) is 0 Å². The quantitative estimate of drug-likeness (QED) is 0.606. The second-order valence-electron chi connectivity index (χ2n) is 8.43. The monoisotopic (exact) mass is 446 g/mol. The zero-order valence-electron chi connectivity index (χ0n) is 19.2. The fourth-order valence-corrected chi connectivity index (χ4v) is 4.36. The summed E-state index contributed by atoms with van der Waals surface area (Å²) in [4.78, 5) is 27.8. The Labute approximate surface area is 194 Å². The molecule has 0 radical (unpaired) electrons. The number of morpholine rings is 1.